The van der Waals surface area contributed by atoms with E-state index < -0.39 is 15.8 Å². The van der Waals surface area contributed by atoms with E-state index in [0.29, 0.717) is 18.4 Å². The highest BCUT2D eigenvalue weighted by Crippen LogP contribution is 2.39. The molecule has 4 nitrogen and oxygen atoms in total. The Morgan fingerprint density at radius 2 is 2.06 bits per heavy atom. The van der Waals surface area contributed by atoms with Crippen molar-refractivity contribution in [3.8, 4) is 0 Å². The van der Waals surface area contributed by atoms with E-state index >= 15 is 0 Å². The zero-order valence-corrected chi connectivity index (χ0v) is 10.2. The summed E-state index contributed by atoms with van der Waals surface area (Å²) in [7, 11) is -2.00. The first-order valence-corrected chi connectivity index (χ1v) is 6.97. The molecule has 2 aliphatic rings. The molecule has 1 aliphatic carbocycles. The summed E-state index contributed by atoms with van der Waals surface area (Å²) in [6, 6.07) is 4.38. The molecule has 92 valence electrons. The van der Waals surface area contributed by atoms with Crippen LogP contribution in [0.4, 0.5) is 10.1 Å². The van der Waals surface area contributed by atoms with E-state index in [0.717, 1.165) is 18.9 Å². The zero-order chi connectivity index (χ0) is 12.2. The van der Waals surface area contributed by atoms with E-state index in [4.69, 9.17) is 0 Å². The van der Waals surface area contributed by atoms with Crippen LogP contribution in [0.1, 0.15) is 12.8 Å². The molecule has 0 atom stereocenters. The molecular weight excluding hydrogens is 243 g/mol. The van der Waals surface area contributed by atoms with Crippen molar-refractivity contribution >= 4 is 15.7 Å². The van der Waals surface area contributed by atoms with E-state index in [1.807, 2.05) is 4.90 Å². The lowest BCUT2D eigenvalue weighted by molar-refractivity contribution is 0.446. The van der Waals surface area contributed by atoms with Gasteiger partial charge in [-0.1, -0.05) is 0 Å². The lowest BCUT2D eigenvalue weighted by Crippen LogP contribution is -2.45. The van der Waals surface area contributed by atoms with Crippen molar-refractivity contribution < 1.29 is 12.8 Å². The van der Waals surface area contributed by atoms with E-state index in [1.165, 1.54) is 17.4 Å². The first-order chi connectivity index (χ1) is 8.00. The van der Waals surface area contributed by atoms with Crippen LogP contribution < -0.4 is 4.90 Å². The maximum absolute atomic E-state index is 13.2. The summed E-state index contributed by atoms with van der Waals surface area (Å²) in [6.45, 7) is 0.353. The van der Waals surface area contributed by atoms with E-state index in [1.54, 1.807) is 6.07 Å². The highest BCUT2D eigenvalue weighted by Gasteiger charge is 2.39. The summed E-state index contributed by atoms with van der Waals surface area (Å²) in [4.78, 5) is 2.12. The second-order valence-corrected chi connectivity index (χ2v) is 6.57. The Hall–Kier alpha value is -1.14. The van der Waals surface area contributed by atoms with Gasteiger partial charge in [-0.3, -0.25) is 0 Å². The number of hydrogen-bond donors (Lipinski definition) is 0. The van der Waals surface area contributed by atoms with Gasteiger partial charge in [0.05, 0.1) is 12.4 Å². The average Bonchev–Trinajstić information content (AvgIpc) is 3.08. The van der Waals surface area contributed by atoms with Crippen molar-refractivity contribution in [1.82, 2.24) is 4.31 Å². The lowest BCUT2D eigenvalue weighted by atomic mass is 10.2. The topological polar surface area (TPSA) is 40.6 Å². The molecular formula is C11H13FN2O2S. The Kier molecular flexibility index (Phi) is 2.21. The van der Waals surface area contributed by atoms with Crippen LogP contribution in [0.3, 0.4) is 0 Å². The molecule has 1 heterocycles. The third kappa shape index (κ3) is 1.63. The van der Waals surface area contributed by atoms with Crippen molar-refractivity contribution in [2.75, 3.05) is 18.6 Å². The fourth-order valence-corrected chi connectivity index (χ4v) is 3.49. The fourth-order valence-electron chi connectivity index (χ4n) is 2.16. The largest absolute Gasteiger partial charge is 0.353 e. The smallest absolute Gasteiger partial charge is 0.246 e. The van der Waals surface area contributed by atoms with Gasteiger partial charge in [0.25, 0.3) is 0 Å². The molecule has 0 aromatic heterocycles. The molecule has 0 amide bonds. The van der Waals surface area contributed by atoms with Crippen LogP contribution in [0, 0.1) is 5.82 Å². The quantitative estimate of drug-likeness (QED) is 0.762. The van der Waals surface area contributed by atoms with Gasteiger partial charge in [0.2, 0.25) is 10.0 Å². The number of hydrogen-bond acceptors (Lipinski definition) is 3. The van der Waals surface area contributed by atoms with Crippen molar-refractivity contribution in [3.63, 3.8) is 0 Å². The summed E-state index contributed by atoms with van der Waals surface area (Å²) >= 11 is 0. The van der Waals surface area contributed by atoms with Crippen LogP contribution in [0.25, 0.3) is 0 Å². The van der Waals surface area contributed by atoms with Crippen LogP contribution >= 0.6 is 0 Å². The molecule has 0 radical (unpaired) electrons. The van der Waals surface area contributed by atoms with Crippen LogP contribution in [0.15, 0.2) is 23.1 Å². The molecule has 0 spiro atoms. The highest BCUT2D eigenvalue weighted by atomic mass is 32.2. The minimum Gasteiger partial charge on any atom is -0.353 e. The van der Waals surface area contributed by atoms with Crippen molar-refractivity contribution in [3.05, 3.63) is 24.0 Å². The number of halogens is 1. The molecule has 0 N–H and O–H groups in total. The molecule has 1 aromatic rings. The third-order valence-electron chi connectivity index (χ3n) is 3.26. The second kappa shape index (κ2) is 3.43. The highest BCUT2D eigenvalue weighted by molar-refractivity contribution is 7.89. The van der Waals surface area contributed by atoms with Crippen molar-refractivity contribution in [2.45, 2.75) is 23.8 Å². The van der Waals surface area contributed by atoms with Gasteiger partial charge in [0.1, 0.15) is 10.7 Å². The van der Waals surface area contributed by atoms with Crippen LogP contribution in [-0.4, -0.2) is 32.5 Å². The van der Waals surface area contributed by atoms with Gasteiger partial charge in [-0.25, -0.2) is 12.8 Å². The molecule has 0 unspecified atom stereocenters. The number of fused-ring (bicyclic) bond motifs is 1. The Morgan fingerprint density at radius 3 is 2.71 bits per heavy atom. The van der Waals surface area contributed by atoms with Crippen molar-refractivity contribution in [1.29, 1.82) is 0 Å². The molecule has 6 heteroatoms. The summed E-state index contributed by atoms with van der Waals surface area (Å²) in [5.74, 6) is -0.515. The molecule has 0 bridgehead atoms. The van der Waals surface area contributed by atoms with Gasteiger partial charge in [-0.05, 0) is 31.0 Å². The molecule has 3 rings (SSSR count). The second-order valence-electron chi connectivity index (χ2n) is 4.56. The lowest BCUT2D eigenvalue weighted by Gasteiger charge is -2.36. The Morgan fingerprint density at radius 1 is 1.35 bits per heavy atom. The Labute approximate surface area is 99.7 Å². The van der Waals surface area contributed by atoms with Gasteiger partial charge < -0.3 is 4.90 Å². The first kappa shape index (κ1) is 11.0. The van der Waals surface area contributed by atoms with E-state index in [9.17, 15) is 12.8 Å². The van der Waals surface area contributed by atoms with Crippen molar-refractivity contribution in [2.24, 2.45) is 0 Å². The number of anilines is 1. The van der Waals surface area contributed by atoms with Gasteiger partial charge >= 0.3 is 0 Å². The van der Waals surface area contributed by atoms with Gasteiger partial charge in [-0.2, -0.15) is 4.31 Å². The summed E-state index contributed by atoms with van der Waals surface area (Å²) in [5.41, 5.74) is 0.631. The Balaban J connectivity index is 2.19. The number of sulfonamides is 1. The molecule has 1 fully saturated rings. The first-order valence-electron chi connectivity index (χ1n) is 5.53. The molecule has 1 saturated carbocycles. The predicted octanol–water partition coefficient (Wildman–Crippen LogP) is 1.39. The molecule has 17 heavy (non-hydrogen) atoms. The average molecular weight is 256 g/mol. The summed E-state index contributed by atoms with van der Waals surface area (Å²) in [5, 5.41) is 0. The SMILES string of the molecule is CN1CN(C2CC2)c2ccc(F)cc2S1(=O)=O. The maximum Gasteiger partial charge on any atom is 0.246 e. The van der Waals surface area contributed by atoms with E-state index in [2.05, 4.69) is 0 Å². The molecule has 0 saturated heterocycles. The zero-order valence-electron chi connectivity index (χ0n) is 9.43. The summed E-state index contributed by atoms with van der Waals surface area (Å²) < 4.78 is 38.6. The minimum atomic E-state index is -3.53. The minimum absolute atomic E-state index is 0.0816. The normalized spacial score (nSPS) is 23.5. The van der Waals surface area contributed by atoms with Crippen LogP contribution in [0.5, 0.6) is 0 Å². The van der Waals surface area contributed by atoms with Crippen LogP contribution in [-0.2, 0) is 10.0 Å². The van der Waals surface area contributed by atoms with Gasteiger partial charge in [0.15, 0.2) is 0 Å². The van der Waals surface area contributed by atoms with Gasteiger partial charge in [0, 0.05) is 13.1 Å². The fraction of sp³-hybridized carbons (Fsp3) is 0.455. The number of nitrogens with zero attached hydrogens (tertiary/aromatic N) is 2. The summed E-state index contributed by atoms with van der Waals surface area (Å²) in [6.07, 6.45) is 2.15. The monoisotopic (exact) mass is 256 g/mol. The third-order valence-corrected chi connectivity index (χ3v) is 5.08. The van der Waals surface area contributed by atoms with E-state index in [-0.39, 0.29) is 4.90 Å². The van der Waals surface area contributed by atoms with Crippen LogP contribution in [0.2, 0.25) is 0 Å². The maximum atomic E-state index is 13.2. The predicted molar refractivity (Wildman–Crippen MR) is 61.7 cm³/mol. The molecule has 1 aliphatic heterocycles. The number of benzene rings is 1. The standard InChI is InChI=1S/C11H13FN2O2S/c1-13-7-14(9-3-4-9)10-5-2-8(12)6-11(10)17(13,15)16/h2,5-6,9H,3-4,7H2,1H3. The number of rotatable bonds is 1. The Bertz CT molecular complexity index is 569. The van der Waals surface area contributed by atoms with Gasteiger partial charge in [-0.15, -0.1) is 0 Å². The molecule has 1 aromatic carbocycles.